The molecule has 0 unspecified atom stereocenters. The van der Waals surface area contributed by atoms with E-state index in [-0.39, 0.29) is 0 Å². The number of hydrogen-bond donors (Lipinski definition) is 0. The number of para-hydroxylation sites is 1. The van der Waals surface area contributed by atoms with Gasteiger partial charge in [-0.15, -0.1) is 0 Å². The van der Waals surface area contributed by atoms with Gasteiger partial charge in [-0.25, -0.2) is 0 Å². The zero-order valence-corrected chi connectivity index (χ0v) is 13.5. The van der Waals surface area contributed by atoms with Crippen molar-refractivity contribution in [1.82, 2.24) is 19.7 Å². The van der Waals surface area contributed by atoms with E-state index >= 15 is 0 Å². The molecular weight excluding hydrogens is 284 g/mol. The van der Waals surface area contributed by atoms with Crippen molar-refractivity contribution in [3.05, 3.63) is 60.0 Å². The van der Waals surface area contributed by atoms with Crippen LogP contribution >= 0.6 is 0 Å². The third-order valence-corrected chi connectivity index (χ3v) is 4.76. The van der Waals surface area contributed by atoms with Gasteiger partial charge in [-0.1, -0.05) is 24.3 Å². The van der Waals surface area contributed by atoms with E-state index in [0.29, 0.717) is 0 Å². The van der Waals surface area contributed by atoms with Gasteiger partial charge in [-0.3, -0.25) is 14.6 Å². The van der Waals surface area contributed by atoms with Crippen LogP contribution in [0.3, 0.4) is 0 Å². The SMILES string of the molecule is Cn1cc(CN2CC[C@@H](Cc3cccc4cccnc34)C2)cn1. The Labute approximate surface area is 136 Å². The van der Waals surface area contributed by atoms with Crippen LogP contribution in [0.4, 0.5) is 0 Å². The lowest BCUT2D eigenvalue weighted by atomic mass is 9.97. The molecule has 0 saturated carbocycles. The zero-order valence-electron chi connectivity index (χ0n) is 13.5. The summed E-state index contributed by atoms with van der Waals surface area (Å²) < 4.78 is 1.88. The summed E-state index contributed by atoms with van der Waals surface area (Å²) in [6.45, 7) is 3.36. The van der Waals surface area contributed by atoms with E-state index in [0.717, 1.165) is 25.4 Å². The lowest BCUT2D eigenvalue weighted by Gasteiger charge is -2.15. The average Bonchev–Trinajstić information content (AvgIpc) is 3.17. The first kappa shape index (κ1) is 14.4. The summed E-state index contributed by atoms with van der Waals surface area (Å²) in [5.74, 6) is 0.722. The Morgan fingerprint density at radius 2 is 2.13 bits per heavy atom. The molecule has 1 saturated heterocycles. The van der Waals surface area contributed by atoms with E-state index in [1.54, 1.807) is 0 Å². The highest BCUT2D eigenvalue weighted by atomic mass is 15.2. The fraction of sp³-hybridized carbons (Fsp3) is 0.368. The molecule has 0 N–H and O–H groups in total. The van der Waals surface area contributed by atoms with Gasteiger partial charge < -0.3 is 0 Å². The minimum absolute atomic E-state index is 0.722. The standard InChI is InChI=1S/C19H22N4/c1-22-12-16(11-21-22)14-23-9-7-15(13-23)10-18-5-2-4-17-6-3-8-20-19(17)18/h2-6,8,11-12,15H,7,9-10,13-14H2,1H3/t15-/m0/s1. The molecule has 4 rings (SSSR count). The van der Waals surface area contributed by atoms with E-state index in [1.807, 2.05) is 30.2 Å². The van der Waals surface area contributed by atoms with Crippen molar-refractivity contribution in [1.29, 1.82) is 0 Å². The molecule has 1 aliphatic rings. The number of hydrogen-bond acceptors (Lipinski definition) is 3. The largest absolute Gasteiger partial charge is 0.299 e. The minimum atomic E-state index is 0.722. The summed E-state index contributed by atoms with van der Waals surface area (Å²) in [7, 11) is 1.98. The molecule has 1 aliphatic heterocycles. The normalized spacial score (nSPS) is 18.7. The Kier molecular flexibility index (Phi) is 3.83. The number of fused-ring (bicyclic) bond motifs is 1. The fourth-order valence-electron chi connectivity index (χ4n) is 3.68. The highest BCUT2D eigenvalue weighted by Crippen LogP contribution is 2.25. The topological polar surface area (TPSA) is 34.0 Å². The summed E-state index contributed by atoms with van der Waals surface area (Å²) in [5.41, 5.74) is 3.86. The molecule has 4 heteroatoms. The van der Waals surface area contributed by atoms with Crippen LogP contribution in [-0.2, 0) is 20.0 Å². The van der Waals surface area contributed by atoms with E-state index < -0.39 is 0 Å². The Morgan fingerprint density at radius 1 is 1.22 bits per heavy atom. The lowest BCUT2D eigenvalue weighted by Crippen LogP contribution is -2.20. The van der Waals surface area contributed by atoms with Crippen LogP contribution in [0.2, 0.25) is 0 Å². The number of benzene rings is 1. The quantitative estimate of drug-likeness (QED) is 0.743. The van der Waals surface area contributed by atoms with Crippen molar-refractivity contribution < 1.29 is 0 Å². The summed E-state index contributed by atoms with van der Waals surface area (Å²) in [6.07, 6.45) is 8.38. The second-order valence-electron chi connectivity index (χ2n) is 6.61. The molecule has 1 aromatic carbocycles. The van der Waals surface area contributed by atoms with Gasteiger partial charge >= 0.3 is 0 Å². The van der Waals surface area contributed by atoms with Gasteiger partial charge in [0, 0.05) is 43.5 Å². The van der Waals surface area contributed by atoms with E-state index in [9.17, 15) is 0 Å². The van der Waals surface area contributed by atoms with Gasteiger partial charge in [0.1, 0.15) is 0 Å². The minimum Gasteiger partial charge on any atom is -0.299 e. The molecule has 0 radical (unpaired) electrons. The van der Waals surface area contributed by atoms with Gasteiger partial charge in [0.15, 0.2) is 0 Å². The molecular formula is C19H22N4. The monoisotopic (exact) mass is 306 g/mol. The smallest absolute Gasteiger partial charge is 0.0733 e. The van der Waals surface area contributed by atoms with Crippen LogP contribution < -0.4 is 0 Å². The van der Waals surface area contributed by atoms with Crippen LogP contribution in [0.1, 0.15) is 17.5 Å². The predicted molar refractivity (Wildman–Crippen MR) is 92.0 cm³/mol. The van der Waals surface area contributed by atoms with Crippen molar-refractivity contribution in [2.75, 3.05) is 13.1 Å². The fourth-order valence-corrected chi connectivity index (χ4v) is 3.68. The first-order chi connectivity index (χ1) is 11.3. The second-order valence-corrected chi connectivity index (χ2v) is 6.61. The van der Waals surface area contributed by atoms with Crippen LogP contribution in [0, 0.1) is 5.92 Å². The molecule has 1 fully saturated rings. The van der Waals surface area contributed by atoms with Gasteiger partial charge in [0.2, 0.25) is 0 Å². The average molecular weight is 306 g/mol. The molecule has 0 bridgehead atoms. The highest BCUT2D eigenvalue weighted by Gasteiger charge is 2.23. The van der Waals surface area contributed by atoms with E-state index in [4.69, 9.17) is 0 Å². The molecule has 4 nitrogen and oxygen atoms in total. The number of rotatable bonds is 4. The first-order valence-corrected chi connectivity index (χ1v) is 8.30. The Balaban J connectivity index is 1.43. The zero-order chi connectivity index (χ0) is 15.6. The van der Waals surface area contributed by atoms with E-state index in [2.05, 4.69) is 45.4 Å². The third kappa shape index (κ3) is 3.13. The Morgan fingerprint density at radius 3 is 3.00 bits per heavy atom. The molecule has 3 heterocycles. The summed E-state index contributed by atoms with van der Waals surface area (Å²) in [4.78, 5) is 7.13. The number of aromatic nitrogens is 3. The summed E-state index contributed by atoms with van der Waals surface area (Å²) >= 11 is 0. The van der Waals surface area contributed by atoms with Crippen molar-refractivity contribution in [3.8, 4) is 0 Å². The molecule has 3 aromatic rings. The van der Waals surface area contributed by atoms with E-state index in [1.165, 1.54) is 35.0 Å². The van der Waals surface area contributed by atoms with Gasteiger partial charge in [0.05, 0.1) is 11.7 Å². The number of pyridine rings is 1. The predicted octanol–water partition coefficient (Wildman–Crippen LogP) is 3.03. The maximum absolute atomic E-state index is 4.59. The van der Waals surface area contributed by atoms with Crippen molar-refractivity contribution in [2.24, 2.45) is 13.0 Å². The van der Waals surface area contributed by atoms with Gasteiger partial charge in [-0.2, -0.15) is 5.10 Å². The molecule has 118 valence electrons. The van der Waals surface area contributed by atoms with Crippen LogP contribution in [-0.4, -0.2) is 32.8 Å². The highest BCUT2D eigenvalue weighted by molar-refractivity contribution is 5.81. The van der Waals surface area contributed by atoms with Crippen molar-refractivity contribution >= 4 is 10.9 Å². The van der Waals surface area contributed by atoms with Gasteiger partial charge in [0.25, 0.3) is 0 Å². The summed E-state index contributed by atoms with van der Waals surface area (Å²) in [5, 5.41) is 5.51. The third-order valence-electron chi connectivity index (χ3n) is 4.76. The number of aryl methyl sites for hydroxylation is 1. The molecule has 0 aliphatic carbocycles. The summed E-state index contributed by atoms with van der Waals surface area (Å²) in [6, 6.07) is 10.7. The Hall–Kier alpha value is -2.20. The maximum atomic E-state index is 4.59. The van der Waals surface area contributed by atoms with Crippen molar-refractivity contribution in [3.63, 3.8) is 0 Å². The van der Waals surface area contributed by atoms with Crippen LogP contribution in [0.25, 0.3) is 10.9 Å². The first-order valence-electron chi connectivity index (χ1n) is 8.30. The van der Waals surface area contributed by atoms with Gasteiger partial charge in [-0.05, 0) is 36.9 Å². The van der Waals surface area contributed by atoms with Crippen LogP contribution in [0.15, 0.2) is 48.9 Å². The molecule has 2 aromatic heterocycles. The van der Waals surface area contributed by atoms with Crippen molar-refractivity contribution in [2.45, 2.75) is 19.4 Å². The maximum Gasteiger partial charge on any atom is 0.0733 e. The molecule has 0 spiro atoms. The number of likely N-dealkylation sites (tertiary alicyclic amines) is 1. The molecule has 0 amide bonds. The Bertz CT molecular complexity index is 802. The second kappa shape index (κ2) is 6.13. The molecule has 23 heavy (non-hydrogen) atoms. The molecule has 1 atom stereocenters. The van der Waals surface area contributed by atoms with Crippen LogP contribution in [0.5, 0.6) is 0 Å². The lowest BCUT2D eigenvalue weighted by molar-refractivity contribution is 0.316. The number of nitrogens with zero attached hydrogens (tertiary/aromatic N) is 4.